The fourth-order valence-corrected chi connectivity index (χ4v) is 1.96. The second kappa shape index (κ2) is 5.00. The van der Waals surface area contributed by atoms with Gasteiger partial charge in [0.2, 0.25) is 0 Å². The maximum Gasteiger partial charge on any atom is 0.173 e. The highest BCUT2D eigenvalue weighted by Crippen LogP contribution is 2.24. The van der Waals surface area contributed by atoms with Gasteiger partial charge in [0.1, 0.15) is 5.75 Å². The van der Waals surface area contributed by atoms with Crippen LogP contribution in [0.25, 0.3) is 0 Å². The summed E-state index contributed by atoms with van der Waals surface area (Å²) < 4.78 is 7.05. The Labute approximate surface area is 107 Å². The Morgan fingerprint density at radius 3 is 2.72 bits per heavy atom. The molecule has 0 unspecified atom stereocenters. The average Bonchev–Trinajstić information content (AvgIpc) is 2.69. The summed E-state index contributed by atoms with van der Waals surface area (Å²) in [4.78, 5) is 2.01. The molecule has 0 bridgehead atoms. The standard InChI is InChI=1S/C13H18N4O/c1-16(13-11(14)9-17(2)15-13)8-10-6-4-5-7-12(10)18-3/h4-7,9H,8,14H2,1-3H3. The minimum absolute atomic E-state index is 0.676. The number of ether oxygens (including phenoxy) is 1. The van der Waals surface area contributed by atoms with E-state index in [2.05, 4.69) is 5.10 Å². The molecule has 0 saturated carbocycles. The minimum atomic E-state index is 0.676. The molecule has 0 saturated heterocycles. The van der Waals surface area contributed by atoms with E-state index in [9.17, 15) is 0 Å². The highest BCUT2D eigenvalue weighted by molar-refractivity contribution is 5.61. The number of anilines is 2. The van der Waals surface area contributed by atoms with Crippen LogP contribution in [0.15, 0.2) is 30.5 Å². The molecule has 5 heteroatoms. The average molecular weight is 246 g/mol. The molecule has 0 radical (unpaired) electrons. The molecule has 0 aliphatic heterocycles. The lowest BCUT2D eigenvalue weighted by Gasteiger charge is -2.18. The molecule has 0 amide bonds. The van der Waals surface area contributed by atoms with Crippen LogP contribution < -0.4 is 15.4 Å². The molecule has 96 valence electrons. The van der Waals surface area contributed by atoms with Crippen LogP contribution in [0.5, 0.6) is 5.75 Å². The van der Waals surface area contributed by atoms with E-state index in [0.717, 1.165) is 17.1 Å². The van der Waals surface area contributed by atoms with Crippen molar-refractivity contribution in [1.82, 2.24) is 9.78 Å². The van der Waals surface area contributed by atoms with Crippen molar-refractivity contribution in [1.29, 1.82) is 0 Å². The Morgan fingerprint density at radius 2 is 2.11 bits per heavy atom. The molecule has 1 aromatic carbocycles. The number of nitrogens with zero attached hydrogens (tertiary/aromatic N) is 3. The number of hydrogen-bond acceptors (Lipinski definition) is 4. The van der Waals surface area contributed by atoms with Gasteiger partial charge in [-0.25, -0.2) is 0 Å². The number of aryl methyl sites for hydroxylation is 1. The van der Waals surface area contributed by atoms with E-state index in [4.69, 9.17) is 10.5 Å². The van der Waals surface area contributed by atoms with Crippen LogP contribution in [0, 0.1) is 0 Å². The molecule has 0 fully saturated rings. The lowest BCUT2D eigenvalue weighted by Crippen LogP contribution is -2.18. The molecule has 1 heterocycles. The van der Waals surface area contributed by atoms with E-state index in [-0.39, 0.29) is 0 Å². The fourth-order valence-electron chi connectivity index (χ4n) is 1.96. The number of nitrogens with two attached hydrogens (primary N) is 1. The molecule has 0 aliphatic carbocycles. The Morgan fingerprint density at radius 1 is 1.39 bits per heavy atom. The number of para-hydroxylation sites is 1. The van der Waals surface area contributed by atoms with E-state index < -0.39 is 0 Å². The van der Waals surface area contributed by atoms with E-state index in [1.807, 2.05) is 43.3 Å². The van der Waals surface area contributed by atoms with Crippen LogP contribution in [-0.4, -0.2) is 23.9 Å². The largest absolute Gasteiger partial charge is 0.496 e. The van der Waals surface area contributed by atoms with Crippen molar-refractivity contribution in [2.24, 2.45) is 7.05 Å². The van der Waals surface area contributed by atoms with Gasteiger partial charge < -0.3 is 15.4 Å². The molecule has 18 heavy (non-hydrogen) atoms. The number of nitrogen functional groups attached to an aromatic ring is 1. The van der Waals surface area contributed by atoms with Gasteiger partial charge in [-0.05, 0) is 6.07 Å². The second-order valence-corrected chi connectivity index (χ2v) is 4.25. The molecule has 0 atom stereocenters. The van der Waals surface area contributed by atoms with Crippen LogP contribution >= 0.6 is 0 Å². The third-order valence-electron chi connectivity index (χ3n) is 2.80. The van der Waals surface area contributed by atoms with E-state index >= 15 is 0 Å². The first-order valence-electron chi connectivity index (χ1n) is 5.74. The number of hydrogen-bond donors (Lipinski definition) is 1. The Balaban J connectivity index is 2.21. The monoisotopic (exact) mass is 246 g/mol. The van der Waals surface area contributed by atoms with Crippen molar-refractivity contribution < 1.29 is 4.74 Å². The number of benzene rings is 1. The van der Waals surface area contributed by atoms with Crippen molar-refractivity contribution in [3.05, 3.63) is 36.0 Å². The maximum atomic E-state index is 5.91. The van der Waals surface area contributed by atoms with Crippen molar-refractivity contribution >= 4 is 11.5 Å². The van der Waals surface area contributed by atoms with Crippen LogP contribution in [-0.2, 0) is 13.6 Å². The van der Waals surface area contributed by atoms with Crippen LogP contribution in [0.3, 0.4) is 0 Å². The molecular formula is C13H18N4O. The summed E-state index contributed by atoms with van der Waals surface area (Å²) in [5, 5.41) is 4.34. The lowest BCUT2D eigenvalue weighted by atomic mass is 10.2. The predicted molar refractivity (Wildman–Crippen MR) is 72.7 cm³/mol. The summed E-state index contributed by atoms with van der Waals surface area (Å²) in [6.07, 6.45) is 1.80. The maximum absolute atomic E-state index is 5.91. The van der Waals surface area contributed by atoms with Crippen molar-refractivity contribution in [3.63, 3.8) is 0 Å². The molecule has 2 aromatic rings. The first kappa shape index (κ1) is 12.3. The topological polar surface area (TPSA) is 56.3 Å². The summed E-state index contributed by atoms with van der Waals surface area (Å²) in [5.41, 5.74) is 7.69. The normalized spacial score (nSPS) is 10.4. The summed E-state index contributed by atoms with van der Waals surface area (Å²) in [6.45, 7) is 0.700. The number of aromatic nitrogens is 2. The third kappa shape index (κ3) is 2.40. The predicted octanol–water partition coefficient (Wildman–Crippen LogP) is 1.65. The van der Waals surface area contributed by atoms with Crippen LogP contribution in [0.1, 0.15) is 5.56 Å². The van der Waals surface area contributed by atoms with Gasteiger partial charge in [-0.2, -0.15) is 5.10 Å². The highest BCUT2D eigenvalue weighted by atomic mass is 16.5. The minimum Gasteiger partial charge on any atom is -0.496 e. The first-order valence-corrected chi connectivity index (χ1v) is 5.74. The molecule has 5 nitrogen and oxygen atoms in total. The molecule has 0 spiro atoms. The van der Waals surface area contributed by atoms with Crippen LogP contribution in [0.2, 0.25) is 0 Å². The molecule has 2 rings (SSSR count). The smallest absolute Gasteiger partial charge is 0.173 e. The van der Waals surface area contributed by atoms with Gasteiger partial charge in [0.15, 0.2) is 5.82 Å². The highest BCUT2D eigenvalue weighted by Gasteiger charge is 2.12. The fraction of sp³-hybridized carbons (Fsp3) is 0.308. The van der Waals surface area contributed by atoms with E-state index in [0.29, 0.717) is 12.2 Å². The first-order chi connectivity index (χ1) is 8.61. The Kier molecular flexibility index (Phi) is 3.41. The number of rotatable bonds is 4. The van der Waals surface area contributed by atoms with Gasteiger partial charge in [-0.3, -0.25) is 4.68 Å². The third-order valence-corrected chi connectivity index (χ3v) is 2.80. The van der Waals surface area contributed by atoms with Crippen LogP contribution in [0.4, 0.5) is 11.5 Å². The molecule has 0 aliphatic rings. The van der Waals surface area contributed by atoms with Gasteiger partial charge >= 0.3 is 0 Å². The van der Waals surface area contributed by atoms with Gasteiger partial charge in [0.25, 0.3) is 0 Å². The zero-order valence-electron chi connectivity index (χ0n) is 10.9. The lowest BCUT2D eigenvalue weighted by molar-refractivity contribution is 0.409. The SMILES string of the molecule is COc1ccccc1CN(C)c1nn(C)cc1N. The van der Waals surface area contributed by atoms with Crippen molar-refractivity contribution in [2.75, 3.05) is 24.8 Å². The zero-order valence-corrected chi connectivity index (χ0v) is 10.9. The van der Waals surface area contributed by atoms with Gasteiger partial charge in [0.05, 0.1) is 12.8 Å². The van der Waals surface area contributed by atoms with Crippen molar-refractivity contribution in [2.45, 2.75) is 6.54 Å². The Hall–Kier alpha value is -2.17. The molecular weight excluding hydrogens is 228 g/mol. The molecule has 1 aromatic heterocycles. The zero-order chi connectivity index (χ0) is 13.1. The summed E-state index contributed by atoms with van der Waals surface area (Å²) in [7, 11) is 5.50. The van der Waals surface area contributed by atoms with Gasteiger partial charge in [0, 0.05) is 32.4 Å². The quantitative estimate of drug-likeness (QED) is 0.891. The summed E-state index contributed by atoms with van der Waals surface area (Å²) in [5.74, 6) is 1.65. The Bertz CT molecular complexity index is 536. The van der Waals surface area contributed by atoms with E-state index in [1.54, 1.807) is 18.0 Å². The summed E-state index contributed by atoms with van der Waals surface area (Å²) in [6, 6.07) is 7.93. The van der Waals surface area contributed by atoms with Crippen molar-refractivity contribution in [3.8, 4) is 5.75 Å². The van der Waals surface area contributed by atoms with E-state index in [1.165, 1.54) is 0 Å². The molecule has 2 N–H and O–H groups in total. The van der Waals surface area contributed by atoms with Gasteiger partial charge in [-0.15, -0.1) is 0 Å². The summed E-state index contributed by atoms with van der Waals surface area (Å²) >= 11 is 0. The second-order valence-electron chi connectivity index (χ2n) is 4.25. The number of methoxy groups -OCH3 is 1. The van der Waals surface area contributed by atoms with Gasteiger partial charge in [-0.1, -0.05) is 18.2 Å².